The summed E-state index contributed by atoms with van der Waals surface area (Å²) >= 11 is 0. The molecule has 0 bridgehead atoms. The lowest BCUT2D eigenvalue weighted by molar-refractivity contribution is -0.947. The average Bonchev–Trinajstić information content (AvgIpc) is 2.28. The van der Waals surface area contributed by atoms with Crippen molar-refractivity contribution in [1.82, 2.24) is 0 Å². The highest BCUT2D eigenvalue weighted by atomic mass is 16.6. The van der Waals surface area contributed by atoms with E-state index in [2.05, 4.69) is 41.5 Å². The smallest absolute Gasteiger partial charge is 0.0862 e. The molecule has 3 unspecified atom stereocenters. The molecule has 3 atom stereocenters. The van der Waals surface area contributed by atoms with Crippen LogP contribution in [0.2, 0.25) is 0 Å². The first-order valence-corrected chi connectivity index (χ1v) is 7.54. The fourth-order valence-electron chi connectivity index (χ4n) is 3.16. The zero-order chi connectivity index (χ0) is 13.5. The lowest BCUT2D eigenvalue weighted by atomic mass is 10.00. The minimum atomic E-state index is 0.0233. The minimum Gasteiger partial charge on any atom is -0.632 e. The SMILES string of the molecule is CCCC(C)[N+]([O-])(C(C)CCC)C(C)CCC. The van der Waals surface area contributed by atoms with Gasteiger partial charge in [-0.05, 0) is 40.0 Å². The topological polar surface area (TPSA) is 23.1 Å². The molecule has 0 aliphatic rings. The third kappa shape index (κ3) is 4.26. The predicted molar refractivity (Wildman–Crippen MR) is 76.7 cm³/mol. The molecule has 0 N–H and O–H groups in total. The van der Waals surface area contributed by atoms with Crippen LogP contribution in [0.4, 0.5) is 0 Å². The van der Waals surface area contributed by atoms with Crippen molar-refractivity contribution in [2.24, 2.45) is 0 Å². The maximum atomic E-state index is 13.3. The zero-order valence-corrected chi connectivity index (χ0v) is 12.8. The van der Waals surface area contributed by atoms with Gasteiger partial charge in [-0.1, -0.05) is 40.0 Å². The quantitative estimate of drug-likeness (QED) is 0.418. The summed E-state index contributed by atoms with van der Waals surface area (Å²) in [6.07, 6.45) is 6.48. The molecule has 0 heterocycles. The zero-order valence-electron chi connectivity index (χ0n) is 12.8. The molecule has 2 heteroatoms. The molecule has 2 nitrogen and oxygen atoms in total. The Morgan fingerprint density at radius 3 is 1.12 bits per heavy atom. The number of nitrogens with zero attached hydrogens (tertiary/aromatic N) is 1. The Labute approximate surface area is 109 Å². The summed E-state index contributed by atoms with van der Waals surface area (Å²) in [5.74, 6) is 0. The van der Waals surface area contributed by atoms with E-state index in [4.69, 9.17) is 0 Å². The first-order valence-electron chi connectivity index (χ1n) is 7.54. The van der Waals surface area contributed by atoms with Crippen molar-refractivity contribution in [3.05, 3.63) is 5.21 Å². The van der Waals surface area contributed by atoms with Crippen LogP contribution in [-0.4, -0.2) is 22.8 Å². The third-order valence-corrected chi connectivity index (χ3v) is 4.19. The number of rotatable bonds is 9. The summed E-state index contributed by atoms with van der Waals surface area (Å²) in [7, 11) is 0. The second-order valence-electron chi connectivity index (χ2n) is 5.68. The first kappa shape index (κ1) is 16.9. The van der Waals surface area contributed by atoms with Gasteiger partial charge in [0.15, 0.2) is 0 Å². The molecule has 104 valence electrons. The average molecular weight is 243 g/mol. The molecule has 0 aliphatic carbocycles. The molecule has 0 aliphatic heterocycles. The minimum absolute atomic E-state index is 0.0233. The van der Waals surface area contributed by atoms with Crippen LogP contribution in [-0.2, 0) is 0 Å². The Morgan fingerprint density at radius 2 is 0.941 bits per heavy atom. The number of hydrogen-bond donors (Lipinski definition) is 0. The molecule has 0 fully saturated rings. The molecular weight excluding hydrogens is 210 g/mol. The molecular formula is C15H33NO. The van der Waals surface area contributed by atoms with Crippen LogP contribution in [0.1, 0.15) is 80.1 Å². The standard InChI is InChI=1S/C15H33NO/c1-7-10-13(4)16(17,14(5)11-8-2)15(6)12-9-3/h13-15H,7-12H2,1-6H3. The predicted octanol–water partition coefficient (Wildman–Crippen LogP) is 4.87. The van der Waals surface area contributed by atoms with Crippen molar-refractivity contribution >= 4 is 0 Å². The highest BCUT2D eigenvalue weighted by molar-refractivity contribution is 4.67. The van der Waals surface area contributed by atoms with Gasteiger partial charge in [0, 0.05) is 0 Å². The van der Waals surface area contributed by atoms with Gasteiger partial charge in [-0.25, -0.2) is 0 Å². The fourth-order valence-corrected chi connectivity index (χ4v) is 3.16. The van der Waals surface area contributed by atoms with Gasteiger partial charge in [0.2, 0.25) is 0 Å². The van der Waals surface area contributed by atoms with Crippen LogP contribution >= 0.6 is 0 Å². The molecule has 0 rings (SSSR count). The summed E-state index contributed by atoms with van der Waals surface area (Å²) in [5.41, 5.74) is 0. The molecule has 17 heavy (non-hydrogen) atoms. The van der Waals surface area contributed by atoms with E-state index in [1.165, 1.54) is 0 Å². The molecule has 0 aromatic carbocycles. The van der Waals surface area contributed by atoms with Gasteiger partial charge >= 0.3 is 0 Å². The van der Waals surface area contributed by atoms with E-state index in [0.717, 1.165) is 38.5 Å². The van der Waals surface area contributed by atoms with Crippen molar-refractivity contribution in [3.8, 4) is 0 Å². The molecule has 0 saturated heterocycles. The largest absolute Gasteiger partial charge is 0.632 e. The van der Waals surface area contributed by atoms with Crippen molar-refractivity contribution in [2.75, 3.05) is 0 Å². The van der Waals surface area contributed by atoms with E-state index in [0.29, 0.717) is 0 Å². The Morgan fingerprint density at radius 1 is 0.706 bits per heavy atom. The molecule has 0 radical (unpaired) electrons. The first-order chi connectivity index (χ1) is 7.94. The molecule has 0 spiro atoms. The number of quaternary nitrogens is 1. The van der Waals surface area contributed by atoms with Gasteiger partial charge in [-0.2, -0.15) is 0 Å². The van der Waals surface area contributed by atoms with Crippen LogP contribution in [0.3, 0.4) is 0 Å². The van der Waals surface area contributed by atoms with Gasteiger partial charge in [0.1, 0.15) is 0 Å². The lowest BCUT2D eigenvalue weighted by Gasteiger charge is -2.56. The number of hydroxylamine groups is 3. The Bertz CT molecular complexity index is 162. The van der Waals surface area contributed by atoms with Crippen molar-refractivity contribution in [2.45, 2.75) is 98.2 Å². The molecule has 0 amide bonds. The van der Waals surface area contributed by atoms with Gasteiger partial charge in [0.25, 0.3) is 0 Å². The van der Waals surface area contributed by atoms with E-state index in [1.807, 2.05) is 0 Å². The van der Waals surface area contributed by atoms with Crippen LogP contribution in [0, 0.1) is 5.21 Å². The van der Waals surface area contributed by atoms with E-state index < -0.39 is 0 Å². The van der Waals surface area contributed by atoms with E-state index in [1.54, 1.807) is 0 Å². The third-order valence-electron chi connectivity index (χ3n) is 4.19. The highest BCUT2D eigenvalue weighted by Gasteiger charge is 2.34. The van der Waals surface area contributed by atoms with Gasteiger partial charge in [-0.3, -0.25) is 0 Å². The second-order valence-corrected chi connectivity index (χ2v) is 5.68. The summed E-state index contributed by atoms with van der Waals surface area (Å²) in [6.45, 7) is 13.0. The van der Waals surface area contributed by atoms with Crippen LogP contribution in [0.15, 0.2) is 0 Å². The Hall–Kier alpha value is -0.0800. The fraction of sp³-hybridized carbons (Fsp3) is 1.00. The second kappa shape index (κ2) is 8.10. The summed E-state index contributed by atoms with van der Waals surface area (Å²) in [6, 6.07) is 0.717. The maximum Gasteiger partial charge on any atom is 0.0862 e. The van der Waals surface area contributed by atoms with Crippen molar-refractivity contribution < 1.29 is 4.65 Å². The molecule has 0 saturated carbocycles. The summed E-state index contributed by atoms with van der Waals surface area (Å²) in [4.78, 5) is 0. The molecule has 0 aromatic rings. The Kier molecular flexibility index (Phi) is 8.06. The molecule has 0 aromatic heterocycles. The van der Waals surface area contributed by atoms with Gasteiger partial charge < -0.3 is 9.85 Å². The van der Waals surface area contributed by atoms with Crippen LogP contribution < -0.4 is 0 Å². The lowest BCUT2D eigenvalue weighted by Crippen LogP contribution is -2.60. The summed E-state index contributed by atoms with van der Waals surface area (Å²) in [5, 5.41) is 13.3. The van der Waals surface area contributed by atoms with E-state index in [9.17, 15) is 5.21 Å². The monoisotopic (exact) mass is 243 g/mol. The number of hydrogen-bond acceptors (Lipinski definition) is 1. The van der Waals surface area contributed by atoms with Gasteiger partial charge in [0.05, 0.1) is 18.1 Å². The van der Waals surface area contributed by atoms with Crippen molar-refractivity contribution in [1.29, 1.82) is 0 Å². The Balaban J connectivity index is 4.90. The van der Waals surface area contributed by atoms with Gasteiger partial charge in [-0.15, -0.1) is 0 Å². The van der Waals surface area contributed by atoms with E-state index >= 15 is 0 Å². The van der Waals surface area contributed by atoms with E-state index in [-0.39, 0.29) is 22.8 Å². The van der Waals surface area contributed by atoms with Crippen molar-refractivity contribution in [3.63, 3.8) is 0 Å². The van der Waals surface area contributed by atoms with Crippen LogP contribution in [0.5, 0.6) is 0 Å². The maximum absolute atomic E-state index is 13.3. The highest BCUT2D eigenvalue weighted by Crippen LogP contribution is 2.29. The van der Waals surface area contributed by atoms with Crippen LogP contribution in [0.25, 0.3) is 0 Å². The normalized spacial score (nSPS) is 20.6. The summed E-state index contributed by atoms with van der Waals surface area (Å²) < 4.78 is 0.0233.